The quantitative estimate of drug-likeness (QED) is 0.396. The summed E-state index contributed by atoms with van der Waals surface area (Å²) in [4.78, 5) is 42.3. The van der Waals surface area contributed by atoms with Gasteiger partial charge >= 0.3 is 0 Å². The van der Waals surface area contributed by atoms with Crippen LogP contribution in [0.15, 0.2) is 54.6 Å². The maximum absolute atomic E-state index is 13.3. The number of amides is 3. The molecule has 9 heteroatoms. The number of aliphatic hydroxyl groups excluding tert-OH is 1. The third-order valence-corrected chi connectivity index (χ3v) is 8.60. The summed E-state index contributed by atoms with van der Waals surface area (Å²) in [5.74, 6) is -1.43. The lowest BCUT2D eigenvalue weighted by Gasteiger charge is -2.36. The highest BCUT2D eigenvalue weighted by Crippen LogP contribution is 2.45. The molecule has 1 saturated heterocycles. The predicted octanol–water partition coefficient (Wildman–Crippen LogP) is 2.32. The molecular weight excluding hydrogens is 508 g/mol. The molecule has 2 aromatic carbocycles. The Morgan fingerprint density at radius 2 is 2.00 bits per heavy atom. The highest BCUT2D eigenvalue weighted by molar-refractivity contribution is 6.07. The third-order valence-electron chi connectivity index (χ3n) is 8.60. The Kier molecular flexibility index (Phi) is 8.07. The molecule has 3 aliphatic heterocycles. The van der Waals surface area contributed by atoms with Gasteiger partial charge in [0.25, 0.3) is 5.91 Å². The third kappa shape index (κ3) is 5.16. The number of likely N-dealkylation sites (N-methyl/N-ethyl adjacent to an activating group) is 1. The maximum atomic E-state index is 13.3. The number of hydrogen-bond donors (Lipinski definition) is 4. The molecule has 4 atom stereocenters. The lowest BCUT2D eigenvalue weighted by molar-refractivity contribution is -0.139. The fourth-order valence-corrected chi connectivity index (χ4v) is 6.12. The molecule has 212 valence electrons. The number of aliphatic hydroxyl groups is 2. The Labute approximate surface area is 234 Å². The van der Waals surface area contributed by atoms with Crippen LogP contribution in [0.2, 0.25) is 0 Å². The number of carbonyl (C=O) groups is 3. The van der Waals surface area contributed by atoms with Gasteiger partial charge in [0, 0.05) is 43.7 Å². The van der Waals surface area contributed by atoms with Crippen molar-refractivity contribution in [2.75, 3.05) is 37.0 Å². The van der Waals surface area contributed by atoms with Gasteiger partial charge in [-0.1, -0.05) is 43.3 Å². The van der Waals surface area contributed by atoms with Crippen molar-refractivity contribution in [3.05, 3.63) is 71.3 Å². The fraction of sp³-hybridized carbons (Fsp3) is 0.452. The van der Waals surface area contributed by atoms with Crippen molar-refractivity contribution in [2.45, 2.75) is 50.8 Å². The van der Waals surface area contributed by atoms with E-state index < -0.39 is 17.4 Å². The van der Waals surface area contributed by atoms with Gasteiger partial charge in [0.2, 0.25) is 11.8 Å². The summed E-state index contributed by atoms with van der Waals surface area (Å²) in [6.45, 7) is 3.61. The van der Waals surface area contributed by atoms with Gasteiger partial charge in [-0.15, -0.1) is 0 Å². The van der Waals surface area contributed by atoms with Gasteiger partial charge in [-0.2, -0.15) is 0 Å². The average Bonchev–Trinajstić information content (AvgIpc) is 3.17. The van der Waals surface area contributed by atoms with Crippen LogP contribution in [0.4, 0.5) is 11.4 Å². The molecule has 3 heterocycles. The fourth-order valence-electron chi connectivity index (χ4n) is 6.12. The van der Waals surface area contributed by atoms with E-state index in [2.05, 4.69) is 10.6 Å². The lowest BCUT2D eigenvalue weighted by atomic mass is 9.82. The number of hydrogen-bond acceptors (Lipinski definition) is 6. The van der Waals surface area contributed by atoms with Gasteiger partial charge in [0.1, 0.15) is 0 Å². The molecule has 5 rings (SSSR count). The number of nitrogens with zero attached hydrogens (tertiary/aromatic N) is 2. The Hall–Kier alpha value is -3.53. The minimum absolute atomic E-state index is 0.0821. The number of carbonyl (C=O) groups excluding carboxylic acids is 3. The summed E-state index contributed by atoms with van der Waals surface area (Å²) in [6, 6.07) is 12.8. The number of nitrogens with one attached hydrogen (secondary N) is 2. The smallest absolute Gasteiger partial charge is 0.264 e. The molecule has 0 saturated carbocycles. The summed E-state index contributed by atoms with van der Waals surface area (Å²) in [7, 11) is 1.62. The standard InChI is InChI=1S/C31H38N4O5/c1-20(7-5-11-28(37)35-18-23-9-4-3-8-21(23)15-25(35)19-36)31(40)26-16-24(12-13-27(26)34(2)30(31)39)33-29(38)22-10-6-14-32-17-22/h3-5,7-9,12-13,16,20,22,25,32,36,40H,6,10-11,14-15,17-19H2,1-2H3,(H,33,38)/b7-5+/t20-,22?,25-,31+/m0/s1. The monoisotopic (exact) mass is 546 g/mol. The van der Waals surface area contributed by atoms with Crippen LogP contribution in [0.1, 0.15) is 42.9 Å². The minimum atomic E-state index is -1.84. The normalized spacial score (nSPS) is 25.1. The van der Waals surface area contributed by atoms with E-state index in [1.54, 1.807) is 49.2 Å². The zero-order chi connectivity index (χ0) is 28.4. The number of anilines is 2. The number of fused-ring (bicyclic) bond motifs is 2. The van der Waals surface area contributed by atoms with Crippen molar-refractivity contribution in [3.63, 3.8) is 0 Å². The van der Waals surface area contributed by atoms with Gasteiger partial charge in [-0.25, -0.2) is 0 Å². The van der Waals surface area contributed by atoms with Crippen LogP contribution in [-0.4, -0.2) is 65.6 Å². The molecule has 3 amide bonds. The molecular formula is C31H38N4O5. The van der Waals surface area contributed by atoms with Gasteiger partial charge in [-0.3, -0.25) is 14.4 Å². The first-order chi connectivity index (χ1) is 19.2. The van der Waals surface area contributed by atoms with Crippen molar-refractivity contribution in [2.24, 2.45) is 11.8 Å². The molecule has 3 aliphatic rings. The molecule has 40 heavy (non-hydrogen) atoms. The molecule has 0 aromatic heterocycles. The highest BCUT2D eigenvalue weighted by atomic mass is 16.3. The molecule has 0 spiro atoms. The lowest BCUT2D eigenvalue weighted by Crippen LogP contribution is -2.46. The van der Waals surface area contributed by atoms with E-state index in [9.17, 15) is 24.6 Å². The predicted molar refractivity (Wildman–Crippen MR) is 152 cm³/mol. The van der Waals surface area contributed by atoms with E-state index in [1.165, 1.54) is 4.90 Å². The first kappa shape index (κ1) is 28.0. The van der Waals surface area contributed by atoms with Crippen molar-refractivity contribution >= 4 is 29.1 Å². The highest BCUT2D eigenvalue weighted by Gasteiger charge is 2.51. The van der Waals surface area contributed by atoms with Gasteiger partial charge in [0.05, 0.1) is 24.3 Å². The topological polar surface area (TPSA) is 122 Å². The van der Waals surface area contributed by atoms with Gasteiger partial charge in [-0.05, 0) is 55.1 Å². The SMILES string of the molecule is C[C@@H](/C=C/CC(=O)N1Cc2ccccc2C[C@H]1CO)[C@]1(O)C(=O)N(C)c2ccc(NC(=O)C3CCCNC3)cc21. The first-order valence-electron chi connectivity index (χ1n) is 14.0. The molecule has 1 fully saturated rings. The molecule has 1 unspecified atom stereocenters. The zero-order valence-corrected chi connectivity index (χ0v) is 23.1. The maximum Gasteiger partial charge on any atom is 0.264 e. The summed E-state index contributed by atoms with van der Waals surface area (Å²) in [6.07, 6.45) is 5.84. The molecule has 9 nitrogen and oxygen atoms in total. The molecule has 0 aliphatic carbocycles. The number of piperidine rings is 1. The van der Waals surface area contributed by atoms with Crippen LogP contribution in [0.3, 0.4) is 0 Å². The van der Waals surface area contributed by atoms with Crippen LogP contribution in [-0.2, 0) is 33.0 Å². The van der Waals surface area contributed by atoms with Crippen LogP contribution in [0, 0.1) is 11.8 Å². The second-order valence-electron chi connectivity index (χ2n) is 11.1. The Morgan fingerprint density at radius 3 is 2.73 bits per heavy atom. The van der Waals surface area contributed by atoms with E-state index in [0.717, 1.165) is 30.5 Å². The van der Waals surface area contributed by atoms with E-state index in [0.29, 0.717) is 36.4 Å². The Morgan fingerprint density at radius 1 is 1.23 bits per heavy atom. The van der Waals surface area contributed by atoms with E-state index >= 15 is 0 Å². The molecule has 2 aromatic rings. The van der Waals surface area contributed by atoms with E-state index in [-0.39, 0.29) is 36.8 Å². The summed E-state index contributed by atoms with van der Waals surface area (Å²) < 4.78 is 0. The van der Waals surface area contributed by atoms with Gasteiger partial charge in [0.15, 0.2) is 5.60 Å². The average molecular weight is 547 g/mol. The minimum Gasteiger partial charge on any atom is -0.394 e. The van der Waals surface area contributed by atoms with Crippen LogP contribution in [0.25, 0.3) is 0 Å². The first-order valence-corrected chi connectivity index (χ1v) is 14.0. The van der Waals surface area contributed by atoms with Crippen molar-refractivity contribution in [1.29, 1.82) is 0 Å². The van der Waals surface area contributed by atoms with Crippen molar-refractivity contribution in [1.82, 2.24) is 10.2 Å². The summed E-state index contributed by atoms with van der Waals surface area (Å²) in [5.41, 5.74) is 1.92. The Bertz CT molecular complexity index is 1320. The van der Waals surface area contributed by atoms with Crippen LogP contribution < -0.4 is 15.5 Å². The molecule has 0 radical (unpaired) electrons. The van der Waals surface area contributed by atoms with E-state index in [1.807, 2.05) is 24.3 Å². The largest absolute Gasteiger partial charge is 0.394 e. The summed E-state index contributed by atoms with van der Waals surface area (Å²) in [5, 5.41) is 27.9. The van der Waals surface area contributed by atoms with Crippen molar-refractivity contribution in [3.8, 4) is 0 Å². The van der Waals surface area contributed by atoms with Crippen molar-refractivity contribution < 1.29 is 24.6 Å². The second-order valence-corrected chi connectivity index (χ2v) is 11.1. The van der Waals surface area contributed by atoms with Gasteiger partial charge < -0.3 is 30.6 Å². The zero-order valence-electron chi connectivity index (χ0n) is 23.1. The van der Waals surface area contributed by atoms with Crippen LogP contribution in [0.5, 0.6) is 0 Å². The second kappa shape index (κ2) is 11.5. The van der Waals surface area contributed by atoms with Crippen LogP contribution >= 0.6 is 0 Å². The molecule has 0 bridgehead atoms. The summed E-state index contributed by atoms with van der Waals surface area (Å²) >= 11 is 0. The number of benzene rings is 2. The Balaban J connectivity index is 1.30. The molecule has 4 N–H and O–H groups in total. The van der Waals surface area contributed by atoms with E-state index in [4.69, 9.17) is 0 Å². The number of rotatable bonds is 7.